The lowest BCUT2D eigenvalue weighted by Crippen LogP contribution is -2.45. The Morgan fingerprint density at radius 1 is 0.604 bits per heavy atom. The van der Waals surface area contributed by atoms with Crippen LogP contribution in [-0.4, -0.2) is 15.4 Å². The van der Waals surface area contributed by atoms with Crippen LogP contribution >= 0.6 is 0 Å². The second-order valence-electron chi connectivity index (χ2n) is 12.3. The number of nitrogens with one attached hydrogen (secondary N) is 2. The number of amidine groups is 1. The van der Waals surface area contributed by atoms with Gasteiger partial charge in [0.1, 0.15) is 23.8 Å². The molecule has 0 amide bonds. The van der Waals surface area contributed by atoms with Crippen molar-refractivity contribution >= 4 is 60.5 Å². The van der Waals surface area contributed by atoms with Crippen molar-refractivity contribution in [1.82, 2.24) is 20.2 Å². The molecule has 3 aromatic heterocycles. The predicted octanol–water partition coefficient (Wildman–Crippen LogP) is 9.57. The van der Waals surface area contributed by atoms with E-state index >= 15 is 0 Å². The normalized spacial score (nSPS) is 16.5. The number of rotatable bonds is 4. The number of fused-ring (bicyclic) bond motifs is 7. The molecule has 2 atom stereocenters. The molecule has 228 valence electrons. The van der Waals surface area contributed by atoms with Crippen molar-refractivity contribution in [1.29, 1.82) is 0 Å². The Kier molecular flexibility index (Phi) is 5.98. The lowest BCUT2D eigenvalue weighted by Gasteiger charge is -2.32. The van der Waals surface area contributed by atoms with E-state index in [1.165, 1.54) is 21.5 Å². The Labute approximate surface area is 276 Å². The maximum absolute atomic E-state index is 6.50. The molecule has 48 heavy (non-hydrogen) atoms. The first kappa shape index (κ1) is 26.9. The van der Waals surface area contributed by atoms with Crippen molar-refractivity contribution < 1.29 is 4.42 Å². The second kappa shape index (κ2) is 10.7. The van der Waals surface area contributed by atoms with Gasteiger partial charge >= 0.3 is 0 Å². The molecule has 2 unspecified atom stereocenters. The molecule has 2 N–H and O–H groups in total. The maximum Gasteiger partial charge on any atom is 0.227 e. The highest BCUT2D eigenvalue weighted by Crippen LogP contribution is 2.38. The van der Waals surface area contributed by atoms with Crippen molar-refractivity contribution in [3.8, 4) is 5.69 Å². The van der Waals surface area contributed by atoms with Crippen molar-refractivity contribution in [2.24, 2.45) is 4.99 Å². The molecular formula is C42H29N5O. The number of furan rings is 1. The van der Waals surface area contributed by atoms with Gasteiger partial charge in [0.2, 0.25) is 5.71 Å². The number of para-hydroxylation sites is 2. The van der Waals surface area contributed by atoms with Gasteiger partial charge in [-0.15, -0.1) is 0 Å². The fraction of sp³-hybridized carbons (Fsp3) is 0.0476. The second-order valence-corrected chi connectivity index (χ2v) is 12.3. The van der Waals surface area contributed by atoms with E-state index in [1.807, 2.05) is 12.1 Å². The van der Waals surface area contributed by atoms with Gasteiger partial charge in [-0.1, -0.05) is 103 Å². The fourth-order valence-electron chi connectivity index (χ4n) is 7.30. The summed E-state index contributed by atoms with van der Waals surface area (Å²) in [4.78, 5) is 9.97. The molecule has 0 radical (unpaired) electrons. The third-order valence-electron chi connectivity index (χ3n) is 9.51. The minimum absolute atomic E-state index is 0.199. The Hall–Kier alpha value is -6.24. The first-order valence-electron chi connectivity index (χ1n) is 16.2. The minimum Gasteiger partial charge on any atom is -0.438 e. The fourth-order valence-corrected chi connectivity index (χ4v) is 7.30. The molecule has 0 saturated carbocycles. The van der Waals surface area contributed by atoms with Gasteiger partial charge in [-0.2, -0.15) is 0 Å². The summed E-state index contributed by atoms with van der Waals surface area (Å²) < 4.78 is 8.82. The van der Waals surface area contributed by atoms with Crippen LogP contribution in [0.3, 0.4) is 0 Å². The van der Waals surface area contributed by atoms with Gasteiger partial charge in [0.05, 0.1) is 16.7 Å². The molecule has 0 saturated heterocycles. The van der Waals surface area contributed by atoms with Gasteiger partial charge in [0, 0.05) is 39.4 Å². The van der Waals surface area contributed by atoms with E-state index in [1.54, 1.807) is 6.20 Å². The monoisotopic (exact) mass is 619 g/mol. The molecule has 6 nitrogen and oxygen atoms in total. The number of aromatic nitrogens is 2. The Bertz CT molecular complexity index is 2650. The summed E-state index contributed by atoms with van der Waals surface area (Å²) in [6.45, 7) is 0. The highest BCUT2D eigenvalue weighted by molar-refractivity contribution is 6.18. The summed E-state index contributed by atoms with van der Waals surface area (Å²) in [7, 11) is 0. The molecule has 9 aromatic rings. The molecule has 0 aliphatic carbocycles. The molecule has 0 spiro atoms. The highest BCUT2D eigenvalue weighted by Gasteiger charge is 2.28. The zero-order valence-corrected chi connectivity index (χ0v) is 25.8. The molecule has 6 heteroatoms. The lowest BCUT2D eigenvalue weighted by molar-refractivity contribution is 0.409. The average molecular weight is 620 g/mol. The van der Waals surface area contributed by atoms with Crippen LogP contribution in [0.2, 0.25) is 0 Å². The molecule has 4 heterocycles. The Morgan fingerprint density at radius 3 is 2.12 bits per heavy atom. The topological polar surface area (TPSA) is 67.4 Å². The van der Waals surface area contributed by atoms with Gasteiger partial charge < -0.3 is 14.3 Å². The summed E-state index contributed by atoms with van der Waals surface area (Å²) in [6, 6.07) is 51.1. The quantitative estimate of drug-likeness (QED) is 0.206. The summed E-state index contributed by atoms with van der Waals surface area (Å²) >= 11 is 0. The van der Waals surface area contributed by atoms with E-state index in [2.05, 4.69) is 154 Å². The summed E-state index contributed by atoms with van der Waals surface area (Å²) in [5, 5.41) is 14.4. The Balaban J connectivity index is 1.23. The predicted molar refractivity (Wildman–Crippen MR) is 195 cm³/mol. The third kappa shape index (κ3) is 4.24. The molecular weight excluding hydrogens is 590 g/mol. The van der Waals surface area contributed by atoms with Gasteiger partial charge in [-0.25, -0.2) is 9.98 Å². The van der Waals surface area contributed by atoms with Crippen LogP contribution in [0.5, 0.6) is 0 Å². The zero-order chi connectivity index (χ0) is 31.6. The summed E-state index contributed by atoms with van der Waals surface area (Å²) in [6.07, 6.45) is 1.30. The van der Waals surface area contributed by atoms with E-state index in [0.29, 0.717) is 5.71 Å². The van der Waals surface area contributed by atoms with Crippen molar-refractivity contribution in [3.05, 3.63) is 168 Å². The molecule has 0 bridgehead atoms. The molecule has 1 aliphatic rings. The van der Waals surface area contributed by atoms with Crippen LogP contribution in [0.15, 0.2) is 161 Å². The first-order chi connectivity index (χ1) is 23.8. The first-order valence-corrected chi connectivity index (χ1v) is 16.2. The number of pyridine rings is 1. The van der Waals surface area contributed by atoms with Crippen LogP contribution in [0, 0.1) is 0 Å². The van der Waals surface area contributed by atoms with Gasteiger partial charge in [0.15, 0.2) is 0 Å². The summed E-state index contributed by atoms with van der Waals surface area (Å²) in [5.74, 6) is 0.792. The summed E-state index contributed by atoms with van der Waals surface area (Å²) in [5.41, 5.74) is 7.82. The van der Waals surface area contributed by atoms with Crippen LogP contribution in [0.25, 0.3) is 60.3 Å². The highest BCUT2D eigenvalue weighted by atomic mass is 16.3. The van der Waals surface area contributed by atoms with Crippen molar-refractivity contribution in [2.75, 3.05) is 0 Å². The third-order valence-corrected chi connectivity index (χ3v) is 9.51. The number of hydrogen-bond donors (Lipinski definition) is 2. The van der Waals surface area contributed by atoms with E-state index in [9.17, 15) is 0 Å². The standard InChI is InChI=1S/C42H29N5O/c1-2-12-27(13-3-1)39-44-40(29-21-20-26-11-4-5-14-28(26)23-29)46-41(45-39)34-24-30(25-37-38(34)33-17-10-22-43-42(33)48-37)47-35-18-8-6-15-31(35)32-16-7-9-19-36(32)47/h1-25,39-40,44H,(H,45,46). The van der Waals surface area contributed by atoms with Crippen molar-refractivity contribution in [2.45, 2.75) is 12.3 Å². The number of hydrogen-bond acceptors (Lipinski definition) is 5. The SMILES string of the molecule is c1ccc(C2N=C(c3cc(-n4c5ccccc5c5ccccc54)cc4oc5ncccc5c34)NC(c3ccc4ccccc4c3)N2)cc1. The van der Waals surface area contributed by atoms with E-state index in [0.717, 1.165) is 55.6 Å². The van der Waals surface area contributed by atoms with Crippen LogP contribution in [0.1, 0.15) is 29.0 Å². The van der Waals surface area contributed by atoms with E-state index < -0.39 is 0 Å². The van der Waals surface area contributed by atoms with E-state index in [4.69, 9.17) is 9.41 Å². The van der Waals surface area contributed by atoms with Gasteiger partial charge in [-0.05, 0) is 58.3 Å². The minimum atomic E-state index is -0.276. The number of aliphatic imine (C=N–C) groups is 1. The molecule has 0 fully saturated rings. The molecule has 1 aliphatic heterocycles. The van der Waals surface area contributed by atoms with Crippen LogP contribution < -0.4 is 10.6 Å². The average Bonchev–Trinajstić information content (AvgIpc) is 3.70. The molecule has 6 aromatic carbocycles. The Morgan fingerprint density at radius 2 is 1.31 bits per heavy atom. The number of nitrogens with zero attached hydrogens (tertiary/aromatic N) is 3. The largest absolute Gasteiger partial charge is 0.438 e. The van der Waals surface area contributed by atoms with Crippen molar-refractivity contribution in [3.63, 3.8) is 0 Å². The maximum atomic E-state index is 6.50. The van der Waals surface area contributed by atoms with Gasteiger partial charge in [0.25, 0.3) is 0 Å². The number of benzene rings is 6. The van der Waals surface area contributed by atoms with Crippen LogP contribution in [-0.2, 0) is 0 Å². The van der Waals surface area contributed by atoms with Gasteiger partial charge in [-0.3, -0.25) is 5.32 Å². The van der Waals surface area contributed by atoms with Crippen LogP contribution in [0.4, 0.5) is 0 Å². The van der Waals surface area contributed by atoms with E-state index in [-0.39, 0.29) is 12.3 Å². The lowest BCUT2D eigenvalue weighted by atomic mass is 10.0. The zero-order valence-electron chi connectivity index (χ0n) is 25.8. The molecule has 10 rings (SSSR count). The smallest absolute Gasteiger partial charge is 0.227 e.